The summed E-state index contributed by atoms with van der Waals surface area (Å²) < 4.78 is 13.0. The fraction of sp³-hybridized carbons (Fsp3) is 0.267. The van der Waals surface area contributed by atoms with E-state index in [-0.39, 0.29) is 18.2 Å². The second-order valence-corrected chi connectivity index (χ2v) is 9.20. The van der Waals surface area contributed by atoms with Gasteiger partial charge in [-0.05, 0) is 74.7 Å². The van der Waals surface area contributed by atoms with Crippen molar-refractivity contribution in [3.63, 3.8) is 0 Å². The summed E-state index contributed by atoms with van der Waals surface area (Å²) in [6.45, 7) is 4.87. The van der Waals surface area contributed by atoms with E-state index >= 15 is 0 Å². The molecular weight excluding hydrogens is 480 g/mol. The normalized spacial score (nSPS) is 18.8. The summed E-state index contributed by atoms with van der Waals surface area (Å²) in [5, 5.41) is 14.6. The Morgan fingerprint density at radius 3 is 2.55 bits per heavy atom. The van der Waals surface area contributed by atoms with E-state index in [2.05, 4.69) is 0 Å². The summed E-state index contributed by atoms with van der Waals surface area (Å²) in [6, 6.07) is 19.3. The number of hydrogen-bond acceptors (Lipinski definition) is 6. The molecule has 38 heavy (non-hydrogen) atoms. The molecular formula is C30H28N4O4. The van der Waals surface area contributed by atoms with Gasteiger partial charge < -0.3 is 9.47 Å². The summed E-state index contributed by atoms with van der Waals surface area (Å²) in [7, 11) is 0. The number of rotatable bonds is 7. The van der Waals surface area contributed by atoms with Crippen LogP contribution in [0.3, 0.4) is 0 Å². The van der Waals surface area contributed by atoms with Gasteiger partial charge in [0, 0.05) is 29.5 Å². The highest BCUT2D eigenvalue weighted by molar-refractivity contribution is 6.19. The first-order chi connectivity index (χ1) is 18.5. The Bertz CT molecular complexity index is 1460. The van der Waals surface area contributed by atoms with E-state index in [0.717, 1.165) is 34.7 Å². The van der Waals surface area contributed by atoms with Gasteiger partial charge in [0.15, 0.2) is 0 Å². The lowest BCUT2D eigenvalue weighted by Crippen LogP contribution is -2.46. The molecule has 3 heterocycles. The number of aromatic nitrogens is 2. The Balaban J connectivity index is 1.61. The van der Waals surface area contributed by atoms with E-state index in [1.165, 1.54) is 0 Å². The lowest BCUT2D eigenvalue weighted by atomic mass is 9.93. The zero-order valence-corrected chi connectivity index (χ0v) is 21.4. The topological polar surface area (TPSA) is 97.4 Å². The number of nitrogens with zero attached hydrogens (tertiary/aromatic N) is 4. The van der Waals surface area contributed by atoms with E-state index < -0.39 is 11.8 Å². The number of imide groups is 1. The van der Waals surface area contributed by atoms with Crippen molar-refractivity contribution in [3.8, 4) is 28.8 Å². The third-order valence-electron chi connectivity index (χ3n) is 6.74. The first-order valence-electron chi connectivity index (χ1n) is 12.7. The van der Waals surface area contributed by atoms with Crippen molar-refractivity contribution in [2.45, 2.75) is 32.8 Å². The van der Waals surface area contributed by atoms with Crippen LogP contribution in [0.15, 0.2) is 77.5 Å². The molecule has 1 saturated heterocycles. The van der Waals surface area contributed by atoms with Crippen LogP contribution in [0.5, 0.6) is 5.75 Å². The van der Waals surface area contributed by atoms with Gasteiger partial charge in [-0.15, -0.1) is 0 Å². The van der Waals surface area contributed by atoms with Crippen LogP contribution in [-0.4, -0.2) is 52.4 Å². The molecule has 0 saturated carbocycles. The van der Waals surface area contributed by atoms with E-state index in [4.69, 9.17) is 14.6 Å². The first kappa shape index (κ1) is 25.2. The highest BCUT2D eigenvalue weighted by atomic mass is 16.5. The molecule has 8 nitrogen and oxygen atoms in total. The minimum absolute atomic E-state index is 0.0353. The van der Waals surface area contributed by atoms with Crippen LogP contribution < -0.4 is 4.74 Å². The molecule has 1 unspecified atom stereocenters. The van der Waals surface area contributed by atoms with Crippen LogP contribution in [0.2, 0.25) is 0 Å². The zero-order valence-electron chi connectivity index (χ0n) is 21.4. The maximum Gasteiger partial charge on any atom is 0.271 e. The molecule has 3 aromatic rings. The smallest absolute Gasteiger partial charge is 0.271 e. The molecule has 1 fully saturated rings. The van der Waals surface area contributed by atoms with Gasteiger partial charge in [0.2, 0.25) is 0 Å². The van der Waals surface area contributed by atoms with Crippen molar-refractivity contribution in [3.05, 3.63) is 83.1 Å². The van der Waals surface area contributed by atoms with Gasteiger partial charge in [0.05, 0.1) is 30.6 Å². The molecule has 0 N–H and O–H groups in total. The lowest BCUT2D eigenvalue weighted by Gasteiger charge is -2.29. The number of amides is 2. The van der Waals surface area contributed by atoms with Crippen LogP contribution in [0.1, 0.15) is 32.3 Å². The first-order valence-corrected chi connectivity index (χ1v) is 12.7. The third kappa shape index (κ3) is 4.89. The average molecular weight is 509 g/mol. The van der Waals surface area contributed by atoms with Crippen molar-refractivity contribution >= 4 is 17.9 Å². The maximum absolute atomic E-state index is 13.6. The molecule has 1 atom stereocenters. The van der Waals surface area contributed by atoms with Gasteiger partial charge in [-0.25, -0.2) is 4.68 Å². The Kier molecular flexibility index (Phi) is 7.20. The molecule has 2 aromatic carbocycles. The molecule has 0 spiro atoms. The molecule has 8 heteroatoms. The second kappa shape index (κ2) is 10.9. The number of ether oxygens (including phenoxy) is 2. The molecule has 2 aliphatic rings. The van der Waals surface area contributed by atoms with Crippen molar-refractivity contribution in [1.29, 1.82) is 5.26 Å². The number of para-hydroxylation sites is 1. The number of hydrogen-bond donors (Lipinski definition) is 0. The molecule has 192 valence electrons. The molecule has 1 aromatic heterocycles. The van der Waals surface area contributed by atoms with Gasteiger partial charge in [-0.2, -0.15) is 10.4 Å². The number of nitriles is 1. The lowest BCUT2D eigenvalue weighted by molar-refractivity contribution is -0.142. The molecule has 2 aliphatic heterocycles. The quantitative estimate of drug-likeness (QED) is 0.339. The van der Waals surface area contributed by atoms with Crippen molar-refractivity contribution in [1.82, 2.24) is 14.7 Å². The van der Waals surface area contributed by atoms with Crippen LogP contribution in [0, 0.1) is 11.3 Å². The predicted octanol–water partition coefficient (Wildman–Crippen LogP) is 4.71. The molecule has 5 rings (SSSR count). The van der Waals surface area contributed by atoms with Gasteiger partial charge in [-0.1, -0.05) is 18.2 Å². The van der Waals surface area contributed by atoms with Crippen molar-refractivity contribution in [2.75, 3.05) is 19.8 Å². The summed E-state index contributed by atoms with van der Waals surface area (Å²) >= 11 is 0. The Hall–Kier alpha value is -4.48. The SMILES string of the molecule is CCOc1ccc(-c2nn(-c3ccccc3)cc2C=C2C(=O)N(CC3CCCO3)C(=O)C(C#N)=C2C)cc1. The highest BCUT2D eigenvalue weighted by Crippen LogP contribution is 2.32. The Morgan fingerprint density at radius 2 is 1.89 bits per heavy atom. The molecule has 0 bridgehead atoms. The van der Waals surface area contributed by atoms with E-state index in [1.54, 1.807) is 17.7 Å². The molecule has 0 aliphatic carbocycles. The largest absolute Gasteiger partial charge is 0.494 e. The molecule has 0 radical (unpaired) electrons. The minimum Gasteiger partial charge on any atom is -0.494 e. The third-order valence-corrected chi connectivity index (χ3v) is 6.74. The highest BCUT2D eigenvalue weighted by Gasteiger charge is 2.37. The summed E-state index contributed by atoms with van der Waals surface area (Å²) in [5.74, 6) is -0.261. The zero-order chi connectivity index (χ0) is 26.6. The standard InChI is InChI=1S/C30H28N4O4/c1-3-37-24-13-11-21(12-14-24)28-22(18-34(32-28)23-8-5-4-6-9-23)16-26-20(2)27(17-31)30(36)33(29(26)35)19-25-10-7-15-38-25/h4-6,8-9,11-14,16,18,25H,3,7,10,15,19H2,1-2H3. The van der Waals surface area contributed by atoms with E-state index in [1.807, 2.05) is 73.8 Å². The Labute approximate surface area is 221 Å². The fourth-order valence-corrected chi connectivity index (χ4v) is 4.75. The van der Waals surface area contributed by atoms with E-state index in [0.29, 0.717) is 35.6 Å². The van der Waals surface area contributed by atoms with Crippen molar-refractivity contribution < 1.29 is 19.1 Å². The van der Waals surface area contributed by atoms with Gasteiger partial charge in [0.25, 0.3) is 11.8 Å². The van der Waals surface area contributed by atoms with Crippen LogP contribution in [0.4, 0.5) is 0 Å². The summed E-state index contributed by atoms with van der Waals surface area (Å²) in [4.78, 5) is 27.8. The average Bonchev–Trinajstić information content (AvgIpc) is 3.61. The van der Waals surface area contributed by atoms with E-state index in [9.17, 15) is 14.9 Å². The van der Waals surface area contributed by atoms with Crippen LogP contribution >= 0.6 is 0 Å². The second-order valence-electron chi connectivity index (χ2n) is 9.20. The van der Waals surface area contributed by atoms with Gasteiger partial charge >= 0.3 is 0 Å². The summed E-state index contributed by atoms with van der Waals surface area (Å²) in [5.41, 5.74) is 3.66. The Morgan fingerprint density at radius 1 is 1.13 bits per heavy atom. The maximum atomic E-state index is 13.6. The number of benzene rings is 2. The van der Waals surface area contributed by atoms with Crippen LogP contribution in [0.25, 0.3) is 23.0 Å². The van der Waals surface area contributed by atoms with Gasteiger partial charge in [0.1, 0.15) is 17.4 Å². The summed E-state index contributed by atoms with van der Waals surface area (Å²) in [6.07, 6.45) is 5.01. The van der Waals surface area contributed by atoms with Crippen LogP contribution in [-0.2, 0) is 14.3 Å². The monoisotopic (exact) mass is 508 g/mol. The fourth-order valence-electron chi connectivity index (χ4n) is 4.75. The minimum atomic E-state index is -0.575. The molecule has 2 amide bonds. The van der Waals surface area contributed by atoms with Crippen molar-refractivity contribution in [2.24, 2.45) is 0 Å². The van der Waals surface area contributed by atoms with Gasteiger partial charge in [-0.3, -0.25) is 14.5 Å². The number of carbonyl (C=O) groups excluding carboxylic acids is 2. The predicted molar refractivity (Wildman–Crippen MR) is 142 cm³/mol. The number of carbonyl (C=O) groups is 2.